The van der Waals surface area contributed by atoms with Crippen molar-refractivity contribution >= 4 is 17.8 Å². The van der Waals surface area contributed by atoms with Crippen molar-refractivity contribution in [2.24, 2.45) is 11.8 Å². The van der Waals surface area contributed by atoms with E-state index < -0.39 is 29.5 Å². The van der Waals surface area contributed by atoms with Crippen LogP contribution in [0, 0.1) is 11.8 Å². The van der Waals surface area contributed by atoms with Crippen LogP contribution < -0.4 is 0 Å². The normalized spacial score (nSPS) is 23.9. The average molecular weight is 257 g/mol. The Balaban J connectivity index is 2.75. The fraction of sp³-hybridized carbons (Fsp3) is 0.750. The standard InChI is InChI=1S/C12H19NO5/c1-7(14)8-5-13(6-9(8)10(15)16)11(17)18-12(2,3)4/h8-9H,5-6H2,1-4H3,(H,15,16)/t8-,9+/m1/s1. The van der Waals surface area contributed by atoms with E-state index in [-0.39, 0.29) is 18.9 Å². The minimum absolute atomic E-state index is 0.0223. The summed E-state index contributed by atoms with van der Waals surface area (Å²) in [7, 11) is 0. The van der Waals surface area contributed by atoms with Crippen LogP contribution in [-0.2, 0) is 14.3 Å². The summed E-state index contributed by atoms with van der Waals surface area (Å²) in [6.07, 6.45) is -0.572. The van der Waals surface area contributed by atoms with E-state index >= 15 is 0 Å². The van der Waals surface area contributed by atoms with Gasteiger partial charge in [-0.25, -0.2) is 4.79 Å². The van der Waals surface area contributed by atoms with E-state index in [1.54, 1.807) is 20.8 Å². The number of carbonyl (C=O) groups excluding carboxylic acids is 2. The molecule has 0 saturated carbocycles. The Morgan fingerprint density at radius 2 is 1.67 bits per heavy atom. The average Bonchev–Trinajstić information content (AvgIpc) is 2.58. The topological polar surface area (TPSA) is 83.9 Å². The molecule has 0 aromatic heterocycles. The summed E-state index contributed by atoms with van der Waals surface area (Å²) in [6, 6.07) is 0. The number of ketones is 1. The number of hydrogen-bond donors (Lipinski definition) is 1. The molecule has 0 aromatic carbocycles. The van der Waals surface area contributed by atoms with Crippen LogP contribution in [0.25, 0.3) is 0 Å². The lowest BCUT2D eigenvalue weighted by atomic mass is 9.93. The molecule has 0 radical (unpaired) electrons. The number of hydrogen-bond acceptors (Lipinski definition) is 4. The van der Waals surface area contributed by atoms with Crippen LogP contribution >= 0.6 is 0 Å². The van der Waals surface area contributed by atoms with Gasteiger partial charge in [-0.2, -0.15) is 0 Å². The SMILES string of the molecule is CC(=O)[C@H]1CN(C(=O)OC(C)(C)C)C[C@@H]1C(=O)O. The molecule has 2 atom stereocenters. The molecule has 1 aliphatic rings. The Hall–Kier alpha value is -1.59. The zero-order valence-electron chi connectivity index (χ0n) is 11.1. The molecular weight excluding hydrogens is 238 g/mol. The quantitative estimate of drug-likeness (QED) is 0.802. The number of carboxylic acid groups (broad SMARTS) is 1. The molecule has 1 saturated heterocycles. The summed E-state index contributed by atoms with van der Waals surface area (Å²) in [4.78, 5) is 35.5. The van der Waals surface area contributed by atoms with Gasteiger partial charge in [0.15, 0.2) is 0 Å². The molecule has 0 aromatic rings. The van der Waals surface area contributed by atoms with Crippen LogP contribution in [0.4, 0.5) is 4.79 Å². The second-order valence-corrected chi connectivity index (χ2v) is 5.55. The largest absolute Gasteiger partial charge is 0.481 e. The Bertz CT molecular complexity index is 349. The van der Waals surface area contributed by atoms with E-state index in [0.717, 1.165) is 0 Å². The lowest BCUT2D eigenvalue weighted by Gasteiger charge is -2.24. The van der Waals surface area contributed by atoms with E-state index in [1.807, 2.05) is 0 Å². The van der Waals surface area contributed by atoms with E-state index in [2.05, 4.69) is 0 Å². The molecule has 1 fully saturated rings. The van der Waals surface area contributed by atoms with Gasteiger partial charge < -0.3 is 14.7 Å². The number of carbonyl (C=O) groups is 3. The second-order valence-electron chi connectivity index (χ2n) is 5.55. The van der Waals surface area contributed by atoms with Crippen molar-refractivity contribution in [3.8, 4) is 0 Å². The molecule has 0 bridgehead atoms. The lowest BCUT2D eigenvalue weighted by Crippen LogP contribution is -2.36. The predicted octanol–water partition coefficient (Wildman–Crippen LogP) is 1.14. The minimum atomic E-state index is -1.05. The summed E-state index contributed by atoms with van der Waals surface area (Å²) in [6.45, 7) is 6.68. The van der Waals surface area contributed by atoms with Gasteiger partial charge >= 0.3 is 12.1 Å². The Morgan fingerprint density at radius 3 is 2.00 bits per heavy atom. The fourth-order valence-electron chi connectivity index (χ4n) is 1.94. The number of rotatable bonds is 2. The van der Waals surface area contributed by atoms with Gasteiger partial charge in [0, 0.05) is 13.1 Å². The molecule has 1 aliphatic heterocycles. The summed E-state index contributed by atoms with van der Waals surface area (Å²) in [5.74, 6) is -2.75. The number of amides is 1. The Morgan fingerprint density at radius 1 is 1.17 bits per heavy atom. The molecule has 6 heteroatoms. The van der Waals surface area contributed by atoms with Gasteiger partial charge in [-0.05, 0) is 27.7 Å². The molecule has 0 spiro atoms. The zero-order chi connectivity index (χ0) is 14.1. The van der Waals surface area contributed by atoms with Crippen molar-refractivity contribution < 1.29 is 24.2 Å². The highest BCUT2D eigenvalue weighted by molar-refractivity contribution is 5.86. The molecule has 0 unspecified atom stereocenters. The lowest BCUT2D eigenvalue weighted by molar-refractivity contribution is -0.144. The first-order valence-corrected chi connectivity index (χ1v) is 5.83. The van der Waals surface area contributed by atoms with Crippen LogP contribution in [0.5, 0.6) is 0 Å². The molecule has 6 nitrogen and oxygen atoms in total. The zero-order valence-corrected chi connectivity index (χ0v) is 11.1. The summed E-state index contributed by atoms with van der Waals surface area (Å²) in [5.41, 5.74) is -0.635. The van der Waals surface area contributed by atoms with Crippen LogP contribution in [0.3, 0.4) is 0 Å². The summed E-state index contributed by atoms with van der Waals surface area (Å²) >= 11 is 0. The van der Waals surface area contributed by atoms with Crippen LogP contribution in [0.1, 0.15) is 27.7 Å². The number of carboxylic acids is 1. The van der Waals surface area contributed by atoms with E-state index in [1.165, 1.54) is 11.8 Å². The molecule has 1 heterocycles. The molecule has 1 N–H and O–H groups in total. The van der Waals surface area contributed by atoms with Gasteiger partial charge in [-0.3, -0.25) is 9.59 Å². The first-order valence-electron chi connectivity index (χ1n) is 5.83. The van der Waals surface area contributed by atoms with Gasteiger partial charge in [0.25, 0.3) is 0 Å². The van der Waals surface area contributed by atoms with Crippen LogP contribution in [-0.4, -0.2) is 46.5 Å². The van der Waals surface area contributed by atoms with Gasteiger partial charge in [-0.15, -0.1) is 0 Å². The van der Waals surface area contributed by atoms with Crippen molar-refractivity contribution in [3.05, 3.63) is 0 Å². The van der Waals surface area contributed by atoms with Gasteiger partial charge in [0.05, 0.1) is 11.8 Å². The number of nitrogens with zero attached hydrogens (tertiary/aromatic N) is 1. The number of ether oxygens (including phenoxy) is 1. The molecule has 102 valence electrons. The third kappa shape index (κ3) is 3.45. The predicted molar refractivity (Wildman–Crippen MR) is 63.1 cm³/mol. The van der Waals surface area contributed by atoms with Gasteiger partial charge in [0.2, 0.25) is 0 Å². The maximum Gasteiger partial charge on any atom is 0.410 e. The minimum Gasteiger partial charge on any atom is -0.481 e. The second kappa shape index (κ2) is 4.96. The molecule has 18 heavy (non-hydrogen) atoms. The molecule has 1 rings (SSSR count). The Labute approximate surface area is 106 Å². The van der Waals surface area contributed by atoms with E-state index in [9.17, 15) is 14.4 Å². The maximum atomic E-state index is 11.8. The third-order valence-corrected chi connectivity index (χ3v) is 2.81. The highest BCUT2D eigenvalue weighted by Gasteiger charge is 2.43. The highest BCUT2D eigenvalue weighted by atomic mass is 16.6. The first kappa shape index (κ1) is 14.5. The fourth-order valence-corrected chi connectivity index (χ4v) is 1.94. The van der Waals surface area contributed by atoms with E-state index in [4.69, 9.17) is 9.84 Å². The third-order valence-electron chi connectivity index (χ3n) is 2.81. The molecule has 1 amide bonds. The van der Waals surface area contributed by atoms with Crippen molar-refractivity contribution in [1.82, 2.24) is 4.90 Å². The van der Waals surface area contributed by atoms with Gasteiger partial charge in [-0.1, -0.05) is 0 Å². The highest BCUT2D eigenvalue weighted by Crippen LogP contribution is 2.26. The smallest absolute Gasteiger partial charge is 0.410 e. The number of Topliss-reactive ketones (excluding diaryl/α,β-unsaturated/α-hetero) is 1. The first-order chi connectivity index (χ1) is 8.11. The van der Waals surface area contributed by atoms with Gasteiger partial charge in [0.1, 0.15) is 11.4 Å². The maximum absolute atomic E-state index is 11.8. The van der Waals surface area contributed by atoms with Crippen molar-refractivity contribution in [1.29, 1.82) is 0 Å². The number of likely N-dealkylation sites (tertiary alicyclic amines) is 1. The summed E-state index contributed by atoms with van der Waals surface area (Å²) in [5, 5.41) is 9.03. The van der Waals surface area contributed by atoms with Crippen molar-refractivity contribution in [2.45, 2.75) is 33.3 Å². The Kier molecular flexibility index (Phi) is 3.98. The van der Waals surface area contributed by atoms with Crippen molar-refractivity contribution in [2.75, 3.05) is 13.1 Å². The van der Waals surface area contributed by atoms with Crippen LogP contribution in [0.15, 0.2) is 0 Å². The monoisotopic (exact) mass is 257 g/mol. The molecular formula is C12H19NO5. The number of aliphatic carboxylic acids is 1. The van der Waals surface area contributed by atoms with Crippen LogP contribution in [0.2, 0.25) is 0 Å². The molecule has 0 aliphatic carbocycles. The van der Waals surface area contributed by atoms with E-state index in [0.29, 0.717) is 0 Å². The summed E-state index contributed by atoms with van der Waals surface area (Å²) < 4.78 is 5.16. The van der Waals surface area contributed by atoms with Crippen molar-refractivity contribution in [3.63, 3.8) is 0 Å².